The van der Waals surface area contributed by atoms with E-state index in [2.05, 4.69) is 37.8 Å². The van der Waals surface area contributed by atoms with Crippen LogP contribution in [0.1, 0.15) is 24.8 Å². The Morgan fingerprint density at radius 1 is 1.28 bits per heavy atom. The van der Waals surface area contributed by atoms with Crippen LogP contribution in [0.4, 0.5) is 0 Å². The molecule has 1 heterocycles. The molecule has 2 aromatic rings. The number of hydrogen-bond acceptors (Lipinski definition) is 4. The number of rotatable bonds is 9. The fourth-order valence-corrected chi connectivity index (χ4v) is 2.43. The Hall–Kier alpha value is -2.41. The maximum atomic E-state index is 5.63. The zero-order valence-electron chi connectivity index (χ0n) is 14.7. The number of guanidine groups is 1. The molecule has 1 aliphatic rings. The molecule has 1 aromatic heterocycles. The smallest absolute Gasteiger partial charge is 0.191 e. The molecule has 1 aromatic carbocycles. The van der Waals surface area contributed by atoms with Crippen LogP contribution < -0.4 is 10.6 Å². The van der Waals surface area contributed by atoms with Crippen molar-refractivity contribution in [1.29, 1.82) is 0 Å². The standard InChI is InChI=1S/C18H26N6O/c1-19-18(21-9-2-10-25-12-16-3-4-16)22-11-15-5-7-17(8-6-15)24-14-20-13-23-24/h5-8,13-14,16H,2-4,9-12H2,1H3,(H2,19,21,22). The highest BCUT2D eigenvalue weighted by Gasteiger charge is 2.20. The summed E-state index contributed by atoms with van der Waals surface area (Å²) >= 11 is 0. The summed E-state index contributed by atoms with van der Waals surface area (Å²) < 4.78 is 7.37. The number of aromatic nitrogens is 3. The van der Waals surface area contributed by atoms with Crippen molar-refractivity contribution < 1.29 is 4.74 Å². The molecule has 0 atom stereocenters. The van der Waals surface area contributed by atoms with Gasteiger partial charge in [0, 0.05) is 33.4 Å². The zero-order valence-corrected chi connectivity index (χ0v) is 14.7. The first-order valence-electron chi connectivity index (χ1n) is 8.81. The molecule has 1 saturated carbocycles. The molecule has 7 nitrogen and oxygen atoms in total. The van der Waals surface area contributed by atoms with E-state index in [-0.39, 0.29) is 0 Å². The van der Waals surface area contributed by atoms with Gasteiger partial charge in [-0.1, -0.05) is 12.1 Å². The van der Waals surface area contributed by atoms with Gasteiger partial charge in [-0.25, -0.2) is 9.67 Å². The van der Waals surface area contributed by atoms with Crippen LogP contribution in [0.2, 0.25) is 0 Å². The topological polar surface area (TPSA) is 76.4 Å². The summed E-state index contributed by atoms with van der Waals surface area (Å²) in [6.45, 7) is 3.31. The van der Waals surface area contributed by atoms with Crippen LogP contribution in [0.5, 0.6) is 0 Å². The molecule has 0 bridgehead atoms. The fourth-order valence-electron chi connectivity index (χ4n) is 2.43. The minimum atomic E-state index is 0.718. The summed E-state index contributed by atoms with van der Waals surface area (Å²) in [7, 11) is 1.78. The van der Waals surface area contributed by atoms with E-state index in [1.807, 2.05) is 12.1 Å². The molecule has 0 amide bonds. The lowest BCUT2D eigenvalue weighted by atomic mass is 10.2. The molecule has 25 heavy (non-hydrogen) atoms. The minimum Gasteiger partial charge on any atom is -0.381 e. The second-order valence-corrected chi connectivity index (χ2v) is 6.23. The molecular weight excluding hydrogens is 316 g/mol. The number of benzene rings is 1. The monoisotopic (exact) mass is 342 g/mol. The fraction of sp³-hybridized carbons (Fsp3) is 0.500. The van der Waals surface area contributed by atoms with Crippen molar-refractivity contribution in [2.45, 2.75) is 25.8 Å². The third-order valence-electron chi connectivity index (χ3n) is 4.11. The quantitative estimate of drug-likeness (QED) is 0.412. The Labute approximate surface area is 148 Å². The Morgan fingerprint density at radius 2 is 2.12 bits per heavy atom. The Morgan fingerprint density at radius 3 is 2.80 bits per heavy atom. The molecule has 0 aliphatic heterocycles. The van der Waals surface area contributed by atoms with Crippen LogP contribution in [0.25, 0.3) is 5.69 Å². The lowest BCUT2D eigenvalue weighted by Gasteiger charge is -2.12. The summed E-state index contributed by atoms with van der Waals surface area (Å²) in [5.41, 5.74) is 2.18. The largest absolute Gasteiger partial charge is 0.381 e. The Bertz CT molecular complexity index is 649. The summed E-state index contributed by atoms with van der Waals surface area (Å²) in [6.07, 6.45) is 6.89. The SMILES string of the molecule is CN=C(NCCCOCC1CC1)NCc1ccc(-n2cncn2)cc1. The summed E-state index contributed by atoms with van der Waals surface area (Å²) in [4.78, 5) is 8.21. The van der Waals surface area contributed by atoms with Crippen LogP contribution in [0.3, 0.4) is 0 Å². The van der Waals surface area contributed by atoms with E-state index in [1.54, 1.807) is 18.1 Å². The van der Waals surface area contributed by atoms with E-state index >= 15 is 0 Å². The molecule has 134 valence electrons. The Kier molecular flexibility index (Phi) is 6.39. The van der Waals surface area contributed by atoms with E-state index in [0.29, 0.717) is 0 Å². The number of ether oxygens (including phenoxy) is 1. The van der Waals surface area contributed by atoms with Crippen molar-refractivity contribution in [3.05, 3.63) is 42.5 Å². The molecule has 3 rings (SSSR count). The van der Waals surface area contributed by atoms with Crippen LogP contribution in [-0.2, 0) is 11.3 Å². The van der Waals surface area contributed by atoms with E-state index in [1.165, 1.54) is 24.7 Å². The van der Waals surface area contributed by atoms with Gasteiger partial charge in [0.05, 0.1) is 5.69 Å². The number of aliphatic imine (C=N–C) groups is 1. The molecule has 0 unspecified atom stereocenters. The molecule has 2 N–H and O–H groups in total. The molecule has 0 spiro atoms. The average Bonchev–Trinajstić information content (AvgIpc) is 3.31. The van der Waals surface area contributed by atoms with Crippen molar-refractivity contribution in [2.75, 3.05) is 26.8 Å². The van der Waals surface area contributed by atoms with Crippen LogP contribution in [0.15, 0.2) is 41.9 Å². The van der Waals surface area contributed by atoms with Gasteiger partial charge >= 0.3 is 0 Å². The lowest BCUT2D eigenvalue weighted by molar-refractivity contribution is 0.123. The third kappa shape index (κ3) is 5.86. The molecular formula is C18H26N6O. The van der Waals surface area contributed by atoms with Crippen LogP contribution in [0, 0.1) is 5.92 Å². The predicted octanol–water partition coefficient (Wildman–Crippen LogP) is 1.75. The van der Waals surface area contributed by atoms with Gasteiger partial charge in [-0.3, -0.25) is 4.99 Å². The maximum absolute atomic E-state index is 5.63. The minimum absolute atomic E-state index is 0.718. The van der Waals surface area contributed by atoms with Gasteiger partial charge in [0.2, 0.25) is 0 Å². The van der Waals surface area contributed by atoms with Crippen molar-refractivity contribution >= 4 is 5.96 Å². The maximum Gasteiger partial charge on any atom is 0.191 e. The van der Waals surface area contributed by atoms with E-state index in [9.17, 15) is 0 Å². The number of nitrogens with zero attached hydrogens (tertiary/aromatic N) is 4. The molecule has 0 radical (unpaired) electrons. The first kappa shape index (κ1) is 17.4. The number of hydrogen-bond donors (Lipinski definition) is 2. The number of nitrogens with one attached hydrogen (secondary N) is 2. The predicted molar refractivity (Wildman–Crippen MR) is 97.7 cm³/mol. The zero-order chi connectivity index (χ0) is 17.3. The lowest BCUT2D eigenvalue weighted by Crippen LogP contribution is -2.37. The van der Waals surface area contributed by atoms with Gasteiger partial charge in [0.25, 0.3) is 0 Å². The highest BCUT2D eigenvalue weighted by molar-refractivity contribution is 5.79. The summed E-state index contributed by atoms with van der Waals surface area (Å²) in [5.74, 6) is 1.64. The van der Waals surface area contributed by atoms with E-state index < -0.39 is 0 Å². The van der Waals surface area contributed by atoms with Crippen LogP contribution in [-0.4, -0.2) is 47.5 Å². The van der Waals surface area contributed by atoms with Gasteiger partial charge in [0.15, 0.2) is 5.96 Å². The third-order valence-corrected chi connectivity index (χ3v) is 4.11. The van der Waals surface area contributed by atoms with Gasteiger partial charge in [-0.15, -0.1) is 0 Å². The normalized spacial score (nSPS) is 14.5. The van der Waals surface area contributed by atoms with Crippen molar-refractivity contribution in [2.24, 2.45) is 10.9 Å². The first-order chi connectivity index (χ1) is 12.3. The second kappa shape index (κ2) is 9.17. The van der Waals surface area contributed by atoms with E-state index in [0.717, 1.165) is 50.3 Å². The molecule has 1 aliphatic carbocycles. The average molecular weight is 342 g/mol. The second-order valence-electron chi connectivity index (χ2n) is 6.23. The van der Waals surface area contributed by atoms with Crippen LogP contribution >= 0.6 is 0 Å². The molecule has 0 saturated heterocycles. The highest BCUT2D eigenvalue weighted by Crippen LogP contribution is 2.28. The Balaban J connectivity index is 1.34. The van der Waals surface area contributed by atoms with Gasteiger partial charge in [0.1, 0.15) is 12.7 Å². The molecule has 7 heteroatoms. The van der Waals surface area contributed by atoms with E-state index in [4.69, 9.17) is 4.74 Å². The van der Waals surface area contributed by atoms with Crippen molar-refractivity contribution in [3.63, 3.8) is 0 Å². The summed E-state index contributed by atoms with van der Waals surface area (Å²) in [5, 5.41) is 10.8. The van der Waals surface area contributed by atoms with Crippen molar-refractivity contribution in [3.8, 4) is 5.69 Å². The molecule has 1 fully saturated rings. The van der Waals surface area contributed by atoms with Gasteiger partial charge < -0.3 is 15.4 Å². The van der Waals surface area contributed by atoms with Gasteiger partial charge in [-0.2, -0.15) is 5.10 Å². The van der Waals surface area contributed by atoms with Gasteiger partial charge in [-0.05, 0) is 42.9 Å². The highest BCUT2D eigenvalue weighted by atomic mass is 16.5. The summed E-state index contributed by atoms with van der Waals surface area (Å²) in [6, 6.07) is 8.20. The van der Waals surface area contributed by atoms with Crippen molar-refractivity contribution in [1.82, 2.24) is 25.4 Å². The first-order valence-corrected chi connectivity index (χ1v) is 8.81.